The smallest absolute Gasteiger partial charge is 0.339 e. The first-order chi connectivity index (χ1) is 12.4. The van der Waals surface area contributed by atoms with Crippen molar-refractivity contribution >= 4 is 11.9 Å². The Labute approximate surface area is 153 Å². The summed E-state index contributed by atoms with van der Waals surface area (Å²) in [6.45, 7) is 4.11. The molecule has 1 aliphatic rings. The molecule has 1 atom stereocenters. The number of rotatable bonds is 5. The van der Waals surface area contributed by atoms with Crippen LogP contribution < -0.4 is 10.1 Å². The van der Waals surface area contributed by atoms with Crippen LogP contribution in [0.3, 0.4) is 0 Å². The summed E-state index contributed by atoms with van der Waals surface area (Å²) in [5.74, 6) is 0.0610. The third kappa shape index (κ3) is 3.57. The number of nitrogens with one attached hydrogen (secondary N) is 1. The molecule has 0 saturated heterocycles. The Hall–Kier alpha value is -2.82. The lowest BCUT2D eigenvalue weighted by Crippen LogP contribution is -2.52. The number of methoxy groups -OCH3 is 1. The molecule has 1 aliphatic heterocycles. The van der Waals surface area contributed by atoms with Crippen LogP contribution in [0.5, 0.6) is 5.75 Å². The summed E-state index contributed by atoms with van der Waals surface area (Å²) in [4.78, 5) is 24.9. The number of carbonyl (C=O) groups is 2. The van der Waals surface area contributed by atoms with E-state index in [2.05, 4.69) is 5.32 Å². The summed E-state index contributed by atoms with van der Waals surface area (Å²) < 4.78 is 10.8. The van der Waals surface area contributed by atoms with E-state index in [9.17, 15) is 9.59 Å². The molecule has 1 heterocycles. The van der Waals surface area contributed by atoms with Gasteiger partial charge in [0.1, 0.15) is 5.75 Å². The Kier molecular flexibility index (Phi) is 4.98. The molecule has 3 rings (SSSR count). The summed E-state index contributed by atoms with van der Waals surface area (Å²) in [6, 6.07) is 13.2. The zero-order chi connectivity index (χ0) is 18.7. The topological polar surface area (TPSA) is 64.6 Å². The van der Waals surface area contributed by atoms with Gasteiger partial charge in [-0.1, -0.05) is 35.9 Å². The number of carbonyl (C=O) groups excluding carboxylic acids is 2. The molecule has 0 radical (unpaired) electrons. The highest BCUT2D eigenvalue weighted by Crippen LogP contribution is 2.28. The summed E-state index contributed by atoms with van der Waals surface area (Å²) in [7, 11) is 1.63. The van der Waals surface area contributed by atoms with Crippen molar-refractivity contribution in [3.63, 3.8) is 0 Å². The third-order valence-electron chi connectivity index (χ3n) is 4.68. The highest BCUT2D eigenvalue weighted by molar-refractivity contribution is 5.97. The van der Waals surface area contributed by atoms with Crippen molar-refractivity contribution in [2.24, 2.45) is 0 Å². The average molecular weight is 353 g/mol. The van der Waals surface area contributed by atoms with Crippen LogP contribution in [-0.4, -0.2) is 31.1 Å². The van der Waals surface area contributed by atoms with Crippen LogP contribution in [0.1, 0.15) is 34.0 Å². The molecular formula is C21H23NO4. The largest absolute Gasteiger partial charge is 0.496 e. The Morgan fingerprint density at radius 1 is 1.27 bits per heavy atom. The molecule has 2 aromatic carbocycles. The molecule has 1 unspecified atom stereocenters. The number of hydrogen-bond donors (Lipinski definition) is 1. The number of amides is 1. The van der Waals surface area contributed by atoms with Crippen molar-refractivity contribution in [2.75, 3.05) is 13.7 Å². The number of benzene rings is 2. The van der Waals surface area contributed by atoms with Gasteiger partial charge >= 0.3 is 5.97 Å². The van der Waals surface area contributed by atoms with Crippen molar-refractivity contribution in [2.45, 2.75) is 32.3 Å². The predicted molar refractivity (Wildman–Crippen MR) is 98.4 cm³/mol. The van der Waals surface area contributed by atoms with Gasteiger partial charge in [-0.15, -0.1) is 0 Å². The van der Waals surface area contributed by atoms with E-state index < -0.39 is 11.6 Å². The summed E-state index contributed by atoms with van der Waals surface area (Å²) in [5.41, 5.74) is 2.34. The minimum absolute atomic E-state index is 0.285. The van der Waals surface area contributed by atoms with Gasteiger partial charge in [-0.25, -0.2) is 4.79 Å². The molecule has 0 saturated carbocycles. The van der Waals surface area contributed by atoms with E-state index in [4.69, 9.17) is 9.47 Å². The Morgan fingerprint density at radius 3 is 2.81 bits per heavy atom. The fourth-order valence-corrected chi connectivity index (χ4v) is 3.26. The van der Waals surface area contributed by atoms with E-state index in [0.29, 0.717) is 24.9 Å². The van der Waals surface area contributed by atoms with Crippen LogP contribution in [0, 0.1) is 6.92 Å². The first-order valence-electron chi connectivity index (χ1n) is 8.66. The molecule has 136 valence electrons. The van der Waals surface area contributed by atoms with Gasteiger partial charge in [-0.05, 0) is 43.5 Å². The SMILES string of the molecule is COc1ccc(C)cc1CCNC(=O)C1(C)Cc2ccccc2C(=O)O1. The van der Waals surface area contributed by atoms with Crippen molar-refractivity contribution in [3.8, 4) is 5.75 Å². The first-order valence-corrected chi connectivity index (χ1v) is 8.66. The molecule has 26 heavy (non-hydrogen) atoms. The van der Waals surface area contributed by atoms with Crippen LogP contribution in [-0.2, 0) is 22.4 Å². The minimum atomic E-state index is -1.19. The molecule has 1 N–H and O–H groups in total. The highest BCUT2D eigenvalue weighted by Gasteiger charge is 2.42. The predicted octanol–water partition coefficient (Wildman–Crippen LogP) is 2.83. The molecule has 0 spiro atoms. The Morgan fingerprint density at radius 2 is 2.04 bits per heavy atom. The fourth-order valence-electron chi connectivity index (χ4n) is 3.26. The molecule has 0 aromatic heterocycles. The number of ether oxygens (including phenoxy) is 2. The van der Waals surface area contributed by atoms with Gasteiger partial charge in [-0.3, -0.25) is 4.79 Å². The van der Waals surface area contributed by atoms with E-state index in [-0.39, 0.29) is 5.91 Å². The van der Waals surface area contributed by atoms with Crippen LogP contribution in [0.2, 0.25) is 0 Å². The zero-order valence-electron chi connectivity index (χ0n) is 15.3. The standard InChI is InChI=1S/C21H23NO4/c1-14-8-9-18(25-3)15(12-14)10-11-22-20(24)21(2)13-16-6-4-5-7-17(16)19(23)26-21/h4-9,12H,10-11,13H2,1-3H3,(H,22,24). The molecule has 2 aromatic rings. The lowest BCUT2D eigenvalue weighted by Gasteiger charge is -2.33. The second kappa shape index (κ2) is 7.20. The van der Waals surface area contributed by atoms with Gasteiger partial charge in [0.15, 0.2) is 5.60 Å². The zero-order valence-corrected chi connectivity index (χ0v) is 15.3. The molecule has 0 fully saturated rings. The van der Waals surface area contributed by atoms with E-state index in [1.54, 1.807) is 26.2 Å². The minimum Gasteiger partial charge on any atom is -0.496 e. The number of esters is 1. The number of fused-ring (bicyclic) bond motifs is 1. The van der Waals surface area contributed by atoms with Crippen molar-refractivity contribution in [1.29, 1.82) is 0 Å². The maximum Gasteiger partial charge on any atom is 0.339 e. The molecular weight excluding hydrogens is 330 g/mol. The Balaban J connectivity index is 1.66. The van der Waals surface area contributed by atoms with E-state index >= 15 is 0 Å². The van der Waals surface area contributed by atoms with E-state index in [1.165, 1.54) is 0 Å². The van der Waals surface area contributed by atoms with E-state index in [1.807, 2.05) is 37.3 Å². The van der Waals surface area contributed by atoms with Crippen LogP contribution in [0.25, 0.3) is 0 Å². The second-order valence-corrected chi connectivity index (χ2v) is 6.78. The second-order valence-electron chi connectivity index (χ2n) is 6.78. The van der Waals surface area contributed by atoms with Crippen molar-refractivity contribution < 1.29 is 19.1 Å². The molecule has 0 bridgehead atoms. The summed E-state index contributed by atoms with van der Waals surface area (Å²) in [6.07, 6.45) is 1.01. The van der Waals surface area contributed by atoms with Crippen molar-refractivity contribution in [3.05, 3.63) is 64.7 Å². The van der Waals surface area contributed by atoms with Gasteiger partial charge in [-0.2, -0.15) is 0 Å². The Bertz CT molecular complexity index is 846. The van der Waals surface area contributed by atoms with Crippen LogP contribution >= 0.6 is 0 Å². The highest BCUT2D eigenvalue weighted by atomic mass is 16.6. The van der Waals surface area contributed by atoms with Crippen LogP contribution in [0.15, 0.2) is 42.5 Å². The van der Waals surface area contributed by atoms with Crippen molar-refractivity contribution in [1.82, 2.24) is 5.32 Å². The number of aryl methyl sites for hydroxylation is 1. The van der Waals surface area contributed by atoms with Crippen LogP contribution in [0.4, 0.5) is 0 Å². The molecule has 5 heteroatoms. The third-order valence-corrected chi connectivity index (χ3v) is 4.68. The fraction of sp³-hybridized carbons (Fsp3) is 0.333. The summed E-state index contributed by atoms with van der Waals surface area (Å²) >= 11 is 0. The normalized spacial score (nSPS) is 18.7. The maximum absolute atomic E-state index is 12.7. The van der Waals surface area contributed by atoms with Gasteiger partial charge in [0, 0.05) is 13.0 Å². The average Bonchev–Trinajstić information content (AvgIpc) is 2.61. The van der Waals surface area contributed by atoms with E-state index in [0.717, 1.165) is 22.4 Å². The maximum atomic E-state index is 12.7. The summed E-state index contributed by atoms with van der Waals surface area (Å²) in [5, 5.41) is 2.89. The lowest BCUT2D eigenvalue weighted by atomic mass is 9.89. The number of cyclic esters (lactones) is 1. The van der Waals surface area contributed by atoms with Gasteiger partial charge in [0.25, 0.3) is 5.91 Å². The van der Waals surface area contributed by atoms with Gasteiger partial charge in [0.2, 0.25) is 0 Å². The van der Waals surface area contributed by atoms with Gasteiger partial charge < -0.3 is 14.8 Å². The van der Waals surface area contributed by atoms with Gasteiger partial charge in [0.05, 0.1) is 12.7 Å². The quantitative estimate of drug-likeness (QED) is 0.840. The number of hydrogen-bond acceptors (Lipinski definition) is 4. The first kappa shape index (κ1) is 18.0. The lowest BCUT2D eigenvalue weighted by molar-refractivity contribution is -0.139. The monoisotopic (exact) mass is 353 g/mol. The molecule has 5 nitrogen and oxygen atoms in total. The molecule has 1 amide bonds. The molecule has 0 aliphatic carbocycles.